The van der Waals surface area contributed by atoms with Crippen molar-refractivity contribution < 1.29 is 4.39 Å². The summed E-state index contributed by atoms with van der Waals surface area (Å²) in [6.07, 6.45) is 0. The number of hydrogen-bond acceptors (Lipinski definition) is 4. The fraction of sp³-hybridized carbons (Fsp3) is 0.0417. The topological polar surface area (TPSA) is 50.2 Å². The first kappa shape index (κ1) is 19.7. The van der Waals surface area contributed by atoms with Crippen LogP contribution in [0.1, 0.15) is 12.5 Å². The molecule has 6 heteroatoms. The molecule has 0 atom stereocenters. The predicted molar refractivity (Wildman–Crippen MR) is 120 cm³/mol. The molecule has 0 radical (unpaired) electrons. The van der Waals surface area contributed by atoms with Gasteiger partial charge in [0.1, 0.15) is 5.82 Å². The van der Waals surface area contributed by atoms with Crippen molar-refractivity contribution in [3.05, 3.63) is 101 Å². The van der Waals surface area contributed by atoms with E-state index in [1.807, 2.05) is 67.6 Å². The lowest BCUT2D eigenvalue weighted by molar-refractivity contribution is 0.628. The predicted octanol–water partition coefficient (Wildman–Crippen LogP) is 6.44. The third kappa shape index (κ3) is 4.70. The minimum atomic E-state index is -0.286. The van der Waals surface area contributed by atoms with Gasteiger partial charge in [-0.3, -0.25) is 0 Å². The molecule has 1 aromatic heterocycles. The van der Waals surface area contributed by atoms with Gasteiger partial charge in [0.25, 0.3) is 0 Å². The van der Waals surface area contributed by atoms with Gasteiger partial charge in [0.15, 0.2) is 0 Å². The van der Waals surface area contributed by atoms with E-state index in [9.17, 15) is 4.39 Å². The van der Waals surface area contributed by atoms with Gasteiger partial charge >= 0.3 is 0 Å². The Balaban J connectivity index is 1.71. The summed E-state index contributed by atoms with van der Waals surface area (Å²) in [7, 11) is 0. The molecule has 30 heavy (non-hydrogen) atoms. The van der Waals surface area contributed by atoms with Crippen molar-refractivity contribution >= 4 is 23.3 Å². The van der Waals surface area contributed by atoms with E-state index in [-0.39, 0.29) is 5.82 Å². The summed E-state index contributed by atoms with van der Waals surface area (Å²) in [6.45, 7) is 1.83. The number of rotatable bonds is 5. The van der Waals surface area contributed by atoms with Crippen LogP contribution in [0.15, 0.2) is 90.0 Å². The molecule has 0 unspecified atom stereocenters. The van der Waals surface area contributed by atoms with Crippen LogP contribution in [-0.2, 0) is 0 Å². The molecule has 0 aliphatic rings. The highest BCUT2D eigenvalue weighted by molar-refractivity contribution is 6.30. The molecule has 3 aromatic carbocycles. The average molecular weight is 417 g/mol. The van der Waals surface area contributed by atoms with E-state index in [4.69, 9.17) is 11.6 Å². The first-order chi connectivity index (χ1) is 14.6. The van der Waals surface area contributed by atoms with E-state index in [0.29, 0.717) is 16.7 Å². The number of hydrazone groups is 1. The van der Waals surface area contributed by atoms with E-state index in [1.54, 1.807) is 12.1 Å². The zero-order chi connectivity index (χ0) is 20.9. The van der Waals surface area contributed by atoms with E-state index >= 15 is 0 Å². The Labute approximate surface area is 179 Å². The number of benzene rings is 3. The number of aromatic nitrogens is 2. The molecule has 0 saturated heterocycles. The number of nitrogens with one attached hydrogen (secondary N) is 1. The Bertz CT molecular complexity index is 1170. The molecule has 4 nitrogen and oxygen atoms in total. The third-order valence-electron chi connectivity index (χ3n) is 4.52. The van der Waals surface area contributed by atoms with Crippen LogP contribution in [0.5, 0.6) is 0 Å². The number of hydrogen-bond donors (Lipinski definition) is 1. The van der Waals surface area contributed by atoms with Gasteiger partial charge < -0.3 is 0 Å². The van der Waals surface area contributed by atoms with Gasteiger partial charge in [-0.15, -0.1) is 0 Å². The smallest absolute Gasteiger partial charge is 0.244 e. The fourth-order valence-corrected chi connectivity index (χ4v) is 3.04. The number of anilines is 1. The molecule has 1 N–H and O–H groups in total. The Morgan fingerprint density at radius 3 is 2.07 bits per heavy atom. The first-order valence-electron chi connectivity index (χ1n) is 9.35. The van der Waals surface area contributed by atoms with Crippen LogP contribution >= 0.6 is 11.6 Å². The zero-order valence-corrected chi connectivity index (χ0v) is 16.9. The normalized spacial score (nSPS) is 11.4. The maximum Gasteiger partial charge on any atom is 0.244 e. The van der Waals surface area contributed by atoms with Gasteiger partial charge in [0, 0.05) is 16.1 Å². The van der Waals surface area contributed by atoms with Crippen LogP contribution in [0.3, 0.4) is 0 Å². The molecule has 0 aliphatic heterocycles. The second-order valence-corrected chi connectivity index (χ2v) is 7.09. The van der Waals surface area contributed by atoms with E-state index in [1.165, 1.54) is 12.1 Å². The number of nitrogens with zero attached hydrogens (tertiary/aromatic N) is 3. The standard InChI is InChI=1S/C24H18ClFN4/c1-16(17-9-13-21(26)14-10-17)29-30-24-27-22(18-5-3-2-4-6-18)15-23(28-24)19-7-11-20(25)12-8-19/h2-15H,1H3,(H,27,28,30)/b29-16+. The summed E-state index contributed by atoms with van der Waals surface area (Å²) in [4.78, 5) is 9.22. The largest absolute Gasteiger partial charge is 0.245 e. The van der Waals surface area contributed by atoms with Crippen molar-refractivity contribution in [2.45, 2.75) is 6.92 Å². The Morgan fingerprint density at radius 2 is 1.43 bits per heavy atom. The minimum Gasteiger partial charge on any atom is -0.245 e. The van der Waals surface area contributed by atoms with E-state index < -0.39 is 0 Å². The second kappa shape index (κ2) is 8.84. The van der Waals surface area contributed by atoms with Gasteiger partial charge in [-0.05, 0) is 42.8 Å². The summed E-state index contributed by atoms with van der Waals surface area (Å²) in [6, 6.07) is 25.4. The van der Waals surface area contributed by atoms with Crippen LogP contribution in [0.2, 0.25) is 5.02 Å². The lowest BCUT2D eigenvalue weighted by Crippen LogP contribution is -2.04. The van der Waals surface area contributed by atoms with Gasteiger partial charge in [0.2, 0.25) is 5.95 Å². The summed E-state index contributed by atoms with van der Waals surface area (Å²) >= 11 is 6.02. The highest BCUT2D eigenvalue weighted by Gasteiger charge is 2.09. The van der Waals surface area contributed by atoms with Crippen LogP contribution in [-0.4, -0.2) is 15.7 Å². The molecule has 0 saturated carbocycles. The SMILES string of the molecule is C/C(=N\Nc1nc(-c2ccccc2)cc(-c2ccc(Cl)cc2)n1)c1ccc(F)cc1. The van der Waals surface area contributed by atoms with Crippen LogP contribution in [0.25, 0.3) is 22.5 Å². The van der Waals surface area contributed by atoms with Gasteiger partial charge in [-0.25, -0.2) is 19.8 Å². The van der Waals surface area contributed by atoms with Crippen molar-refractivity contribution in [2.75, 3.05) is 5.43 Å². The Hall–Kier alpha value is -3.57. The van der Waals surface area contributed by atoms with Gasteiger partial charge in [0.05, 0.1) is 17.1 Å². The summed E-state index contributed by atoms with van der Waals surface area (Å²) in [5, 5.41) is 5.04. The van der Waals surface area contributed by atoms with Gasteiger partial charge in [-0.2, -0.15) is 5.10 Å². The van der Waals surface area contributed by atoms with Crippen molar-refractivity contribution in [3.8, 4) is 22.5 Å². The monoisotopic (exact) mass is 416 g/mol. The third-order valence-corrected chi connectivity index (χ3v) is 4.77. The van der Waals surface area contributed by atoms with Crippen molar-refractivity contribution in [3.63, 3.8) is 0 Å². The minimum absolute atomic E-state index is 0.286. The quantitative estimate of drug-likeness (QED) is 0.301. The molecule has 0 fully saturated rings. The number of halogens is 2. The molecular weight excluding hydrogens is 399 g/mol. The molecule has 148 valence electrons. The van der Waals surface area contributed by atoms with E-state index in [2.05, 4.69) is 20.5 Å². The lowest BCUT2D eigenvalue weighted by atomic mass is 10.1. The zero-order valence-electron chi connectivity index (χ0n) is 16.2. The Morgan fingerprint density at radius 1 is 0.833 bits per heavy atom. The van der Waals surface area contributed by atoms with Crippen LogP contribution in [0.4, 0.5) is 10.3 Å². The summed E-state index contributed by atoms with van der Waals surface area (Å²) < 4.78 is 13.2. The highest BCUT2D eigenvalue weighted by atomic mass is 35.5. The van der Waals surface area contributed by atoms with Crippen molar-refractivity contribution in [1.29, 1.82) is 0 Å². The Kier molecular flexibility index (Phi) is 5.82. The molecule has 0 bridgehead atoms. The maximum atomic E-state index is 13.2. The lowest BCUT2D eigenvalue weighted by Gasteiger charge is -2.09. The van der Waals surface area contributed by atoms with E-state index in [0.717, 1.165) is 28.1 Å². The molecule has 0 aliphatic carbocycles. The van der Waals surface area contributed by atoms with Gasteiger partial charge in [-0.1, -0.05) is 66.2 Å². The highest BCUT2D eigenvalue weighted by Crippen LogP contribution is 2.26. The molecule has 0 spiro atoms. The van der Waals surface area contributed by atoms with Crippen molar-refractivity contribution in [1.82, 2.24) is 9.97 Å². The first-order valence-corrected chi connectivity index (χ1v) is 9.73. The molecule has 4 aromatic rings. The molecule has 4 rings (SSSR count). The van der Waals surface area contributed by atoms with Crippen molar-refractivity contribution in [2.24, 2.45) is 5.10 Å². The second-order valence-electron chi connectivity index (χ2n) is 6.65. The maximum absolute atomic E-state index is 13.2. The van der Waals surface area contributed by atoms with Crippen LogP contribution < -0.4 is 5.43 Å². The average Bonchev–Trinajstić information content (AvgIpc) is 2.79. The fourth-order valence-electron chi connectivity index (χ4n) is 2.91. The molecular formula is C24H18ClFN4. The summed E-state index contributed by atoms with van der Waals surface area (Å²) in [5.41, 5.74) is 7.84. The molecule has 1 heterocycles. The summed E-state index contributed by atoms with van der Waals surface area (Å²) in [5.74, 6) is 0.0776. The molecule has 0 amide bonds. The van der Waals surface area contributed by atoms with Crippen LogP contribution in [0, 0.1) is 5.82 Å².